The van der Waals surface area contributed by atoms with Crippen molar-refractivity contribution >= 4 is 22.5 Å². The summed E-state index contributed by atoms with van der Waals surface area (Å²) in [6, 6.07) is -0.570. The van der Waals surface area contributed by atoms with E-state index in [4.69, 9.17) is 5.73 Å². The first-order valence-corrected chi connectivity index (χ1v) is 4.49. The summed E-state index contributed by atoms with van der Waals surface area (Å²) in [6.45, 7) is 4.09. The Morgan fingerprint density at radius 2 is 2.42 bits per heavy atom. The number of nitrogens with one attached hydrogen (secondary N) is 1. The van der Waals surface area contributed by atoms with Crippen molar-refractivity contribution in [1.29, 1.82) is 0 Å². The largest absolute Gasteiger partial charge is 0.351 e. The van der Waals surface area contributed by atoms with Crippen LogP contribution in [0.5, 0.6) is 0 Å². The highest BCUT2D eigenvalue weighted by molar-refractivity contribution is 7.13. The van der Waals surface area contributed by atoms with E-state index in [2.05, 4.69) is 10.3 Å². The van der Waals surface area contributed by atoms with Gasteiger partial charge in [0.1, 0.15) is 0 Å². The molecule has 0 aliphatic rings. The van der Waals surface area contributed by atoms with Gasteiger partial charge in [-0.05, 0) is 5.92 Å². The molecule has 0 bridgehead atoms. The lowest BCUT2D eigenvalue weighted by atomic mass is 10.2. The summed E-state index contributed by atoms with van der Waals surface area (Å²) in [4.78, 5) is 14.6. The molecular formula is C7H11N3OS. The monoisotopic (exact) mass is 185 g/mol. The average Bonchev–Trinajstić information content (AvgIpc) is 2.34. The van der Waals surface area contributed by atoms with Crippen molar-refractivity contribution in [1.82, 2.24) is 4.98 Å². The highest BCUT2D eigenvalue weighted by atomic mass is 32.1. The van der Waals surface area contributed by atoms with E-state index in [1.165, 1.54) is 11.3 Å². The van der Waals surface area contributed by atoms with Crippen molar-refractivity contribution in [2.24, 2.45) is 5.73 Å². The number of aromatic nitrogens is 1. The van der Waals surface area contributed by atoms with Crippen molar-refractivity contribution in [2.45, 2.75) is 19.8 Å². The van der Waals surface area contributed by atoms with E-state index in [0.29, 0.717) is 11.0 Å². The van der Waals surface area contributed by atoms with Crippen molar-refractivity contribution < 1.29 is 4.79 Å². The molecule has 1 aromatic rings. The van der Waals surface area contributed by atoms with Gasteiger partial charge in [0.15, 0.2) is 5.13 Å². The Morgan fingerprint density at radius 1 is 1.75 bits per heavy atom. The molecule has 0 aliphatic carbocycles. The second kappa shape index (κ2) is 3.53. The second-order valence-corrected chi connectivity index (χ2v) is 3.58. The third kappa shape index (κ3) is 2.20. The number of hydrogen-bond acceptors (Lipinski definition) is 3. The summed E-state index contributed by atoms with van der Waals surface area (Å²) >= 11 is 1.38. The molecule has 12 heavy (non-hydrogen) atoms. The van der Waals surface area contributed by atoms with Gasteiger partial charge in [0, 0.05) is 5.38 Å². The van der Waals surface area contributed by atoms with Gasteiger partial charge >= 0.3 is 6.03 Å². The fraction of sp³-hybridized carbons (Fsp3) is 0.429. The van der Waals surface area contributed by atoms with Gasteiger partial charge in [-0.25, -0.2) is 9.78 Å². The van der Waals surface area contributed by atoms with Crippen LogP contribution in [-0.2, 0) is 0 Å². The lowest BCUT2D eigenvalue weighted by Gasteiger charge is -1.97. The SMILES string of the molecule is CC(C)c1csc(NC(N)=O)n1. The molecule has 66 valence electrons. The highest BCUT2D eigenvalue weighted by Crippen LogP contribution is 2.20. The minimum Gasteiger partial charge on any atom is -0.351 e. The summed E-state index contributed by atoms with van der Waals surface area (Å²) in [7, 11) is 0. The Bertz CT molecular complexity index is 282. The smallest absolute Gasteiger partial charge is 0.318 e. The number of anilines is 1. The maximum absolute atomic E-state index is 10.4. The zero-order valence-corrected chi connectivity index (χ0v) is 7.81. The number of nitrogens with zero attached hydrogens (tertiary/aromatic N) is 1. The molecule has 0 spiro atoms. The van der Waals surface area contributed by atoms with Crippen molar-refractivity contribution in [3.05, 3.63) is 11.1 Å². The zero-order valence-electron chi connectivity index (χ0n) is 7.00. The maximum Gasteiger partial charge on any atom is 0.318 e. The average molecular weight is 185 g/mol. The summed E-state index contributed by atoms with van der Waals surface area (Å²) in [5.41, 5.74) is 5.90. The first kappa shape index (κ1) is 8.99. The van der Waals surface area contributed by atoms with E-state index < -0.39 is 6.03 Å². The Morgan fingerprint density at radius 3 is 2.83 bits per heavy atom. The molecule has 1 heterocycles. The van der Waals surface area contributed by atoms with E-state index in [-0.39, 0.29) is 0 Å². The fourth-order valence-electron chi connectivity index (χ4n) is 0.714. The summed E-state index contributed by atoms with van der Waals surface area (Å²) in [6.07, 6.45) is 0. The molecule has 0 fully saturated rings. The number of thiazole rings is 1. The van der Waals surface area contributed by atoms with E-state index in [1.54, 1.807) is 0 Å². The molecule has 2 amide bonds. The number of hydrogen-bond donors (Lipinski definition) is 2. The summed E-state index contributed by atoms with van der Waals surface area (Å²) in [5, 5.41) is 4.90. The molecule has 0 aromatic carbocycles. The van der Waals surface area contributed by atoms with E-state index >= 15 is 0 Å². The highest BCUT2D eigenvalue weighted by Gasteiger charge is 2.05. The molecule has 0 saturated carbocycles. The molecule has 1 aromatic heterocycles. The van der Waals surface area contributed by atoms with Crippen LogP contribution in [0.25, 0.3) is 0 Å². The third-order valence-electron chi connectivity index (χ3n) is 1.34. The molecule has 0 aliphatic heterocycles. The molecule has 5 heteroatoms. The van der Waals surface area contributed by atoms with Crippen molar-refractivity contribution in [3.8, 4) is 0 Å². The van der Waals surface area contributed by atoms with Gasteiger partial charge in [-0.3, -0.25) is 5.32 Å². The minimum atomic E-state index is -0.570. The number of rotatable bonds is 2. The normalized spacial score (nSPS) is 10.2. The Labute approximate surface area is 74.8 Å². The van der Waals surface area contributed by atoms with Crippen LogP contribution in [0.15, 0.2) is 5.38 Å². The predicted molar refractivity (Wildman–Crippen MR) is 49.4 cm³/mol. The van der Waals surface area contributed by atoms with Crippen LogP contribution in [0.1, 0.15) is 25.5 Å². The van der Waals surface area contributed by atoms with E-state index in [9.17, 15) is 4.79 Å². The van der Waals surface area contributed by atoms with Crippen LogP contribution in [0.2, 0.25) is 0 Å². The van der Waals surface area contributed by atoms with Gasteiger partial charge < -0.3 is 5.73 Å². The topological polar surface area (TPSA) is 68.0 Å². The zero-order chi connectivity index (χ0) is 9.14. The Balaban J connectivity index is 2.70. The number of nitrogens with two attached hydrogens (primary N) is 1. The number of primary amides is 1. The molecule has 1 rings (SSSR count). The lowest BCUT2D eigenvalue weighted by Crippen LogP contribution is -2.19. The van der Waals surface area contributed by atoms with Crippen LogP contribution in [0.4, 0.5) is 9.93 Å². The van der Waals surface area contributed by atoms with Gasteiger partial charge in [0.25, 0.3) is 0 Å². The Kier molecular flexibility index (Phi) is 2.65. The quantitative estimate of drug-likeness (QED) is 0.737. The van der Waals surface area contributed by atoms with Gasteiger partial charge in [-0.2, -0.15) is 0 Å². The van der Waals surface area contributed by atoms with Crippen LogP contribution in [-0.4, -0.2) is 11.0 Å². The fourth-order valence-corrected chi connectivity index (χ4v) is 1.59. The first-order valence-electron chi connectivity index (χ1n) is 3.61. The van der Waals surface area contributed by atoms with Crippen LogP contribution in [0.3, 0.4) is 0 Å². The molecule has 0 atom stereocenters. The first-order chi connectivity index (χ1) is 5.59. The standard InChI is InChI=1S/C7H11N3OS/c1-4(2)5-3-12-7(9-5)10-6(8)11/h3-4H,1-2H3,(H3,8,9,10,11). The second-order valence-electron chi connectivity index (χ2n) is 2.72. The molecule has 3 N–H and O–H groups in total. The summed E-state index contributed by atoms with van der Waals surface area (Å²) < 4.78 is 0. The number of urea groups is 1. The van der Waals surface area contributed by atoms with Crippen LogP contribution < -0.4 is 11.1 Å². The third-order valence-corrected chi connectivity index (χ3v) is 2.12. The van der Waals surface area contributed by atoms with Gasteiger partial charge in [0.2, 0.25) is 0 Å². The number of carbonyl (C=O) groups is 1. The predicted octanol–water partition coefficient (Wildman–Crippen LogP) is 1.76. The van der Waals surface area contributed by atoms with E-state index in [1.807, 2.05) is 19.2 Å². The maximum atomic E-state index is 10.4. The van der Waals surface area contributed by atoms with E-state index in [0.717, 1.165) is 5.69 Å². The lowest BCUT2D eigenvalue weighted by molar-refractivity contribution is 0.259. The molecular weight excluding hydrogens is 174 g/mol. The van der Waals surface area contributed by atoms with Crippen LogP contribution >= 0.6 is 11.3 Å². The molecule has 0 unspecified atom stereocenters. The molecule has 0 radical (unpaired) electrons. The number of amides is 2. The number of carbonyl (C=O) groups excluding carboxylic acids is 1. The molecule has 0 saturated heterocycles. The van der Waals surface area contributed by atoms with Gasteiger partial charge in [-0.15, -0.1) is 11.3 Å². The van der Waals surface area contributed by atoms with Crippen molar-refractivity contribution in [2.75, 3.05) is 5.32 Å². The van der Waals surface area contributed by atoms with Gasteiger partial charge in [-0.1, -0.05) is 13.8 Å². The van der Waals surface area contributed by atoms with Crippen molar-refractivity contribution in [3.63, 3.8) is 0 Å². The molecule has 4 nitrogen and oxygen atoms in total. The minimum absolute atomic E-state index is 0.379. The van der Waals surface area contributed by atoms with Crippen LogP contribution in [0, 0.1) is 0 Å². The Hall–Kier alpha value is -1.10. The van der Waals surface area contributed by atoms with Gasteiger partial charge in [0.05, 0.1) is 5.69 Å². The summed E-state index contributed by atoms with van der Waals surface area (Å²) in [5.74, 6) is 0.379.